The van der Waals surface area contributed by atoms with Gasteiger partial charge in [0, 0.05) is 41.3 Å². The summed E-state index contributed by atoms with van der Waals surface area (Å²) in [5, 5.41) is 20.2. The number of hydrogen-bond donors (Lipinski definition) is 3. The van der Waals surface area contributed by atoms with E-state index in [1.165, 1.54) is 0 Å². The second-order valence-corrected chi connectivity index (χ2v) is 9.05. The Balaban J connectivity index is 1.39. The van der Waals surface area contributed by atoms with E-state index in [-0.39, 0.29) is 23.4 Å². The molecule has 3 N–H and O–H groups in total. The number of benzene rings is 2. The highest BCUT2D eigenvalue weighted by Gasteiger charge is 2.16. The number of nitrogens with one attached hydrogen (secondary N) is 2. The average Bonchev–Trinajstić information content (AvgIpc) is 3.25. The van der Waals surface area contributed by atoms with Crippen LogP contribution in [0.2, 0.25) is 0 Å². The van der Waals surface area contributed by atoms with Gasteiger partial charge in [-0.1, -0.05) is 29.5 Å². The lowest BCUT2D eigenvalue weighted by atomic mass is 10.1. The molecular formula is C25H26N4O4S. The predicted octanol–water partition coefficient (Wildman–Crippen LogP) is 3.38. The molecule has 1 atom stereocenters. The zero-order valence-corrected chi connectivity index (χ0v) is 19.6. The van der Waals surface area contributed by atoms with Crippen molar-refractivity contribution in [3.05, 3.63) is 86.1 Å². The second kappa shape index (κ2) is 11.0. The summed E-state index contributed by atoms with van der Waals surface area (Å²) in [7, 11) is 0. The lowest BCUT2D eigenvalue weighted by Gasteiger charge is -2.17. The monoisotopic (exact) mass is 478 g/mol. The fourth-order valence-electron chi connectivity index (χ4n) is 3.77. The number of aromatic amines is 1. The minimum Gasteiger partial charge on any atom is -0.489 e. The molecule has 0 aliphatic heterocycles. The molecule has 0 radical (unpaired) electrons. The number of ether oxygens (including phenoxy) is 1. The first kappa shape index (κ1) is 23.6. The van der Waals surface area contributed by atoms with Gasteiger partial charge in [-0.05, 0) is 56.2 Å². The zero-order chi connectivity index (χ0) is 23.9. The predicted molar refractivity (Wildman–Crippen MR) is 131 cm³/mol. The molecule has 2 heterocycles. The summed E-state index contributed by atoms with van der Waals surface area (Å²) in [6.07, 6.45) is 1.55. The number of aliphatic hydroxyl groups excluding tert-OH is 1. The Kier molecular flexibility index (Phi) is 7.66. The van der Waals surface area contributed by atoms with Crippen molar-refractivity contribution in [1.29, 1.82) is 0 Å². The SMILES string of the molecule is Cc1cc(COc2ccc(C(=O)NC(CCCO)Cc3n[nH]c(=O)s3)cc2)c2ccccc2n1. The van der Waals surface area contributed by atoms with Crippen LogP contribution in [0, 0.1) is 6.92 Å². The highest BCUT2D eigenvalue weighted by atomic mass is 32.1. The Bertz CT molecular complexity index is 1320. The van der Waals surface area contributed by atoms with E-state index in [2.05, 4.69) is 20.5 Å². The summed E-state index contributed by atoms with van der Waals surface area (Å²) < 4.78 is 5.98. The summed E-state index contributed by atoms with van der Waals surface area (Å²) in [4.78, 5) is 28.5. The van der Waals surface area contributed by atoms with Crippen LogP contribution < -0.4 is 14.9 Å². The van der Waals surface area contributed by atoms with Crippen LogP contribution in [-0.2, 0) is 13.0 Å². The Morgan fingerprint density at radius 1 is 1.21 bits per heavy atom. The van der Waals surface area contributed by atoms with Crippen molar-refractivity contribution in [3.8, 4) is 5.75 Å². The summed E-state index contributed by atoms with van der Waals surface area (Å²) in [5.74, 6) is 0.432. The number of fused-ring (bicyclic) bond motifs is 1. The minimum atomic E-state index is -0.238. The molecule has 2 aromatic heterocycles. The van der Waals surface area contributed by atoms with Crippen molar-refractivity contribution in [1.82, 2.24) is 20.5 Å². The molecule has 0 bridgehead atoms. The van der Waals surface area contributed by atoms with Gasteiger partial charge in [0.2, 0.25) is 0 Å². The highest BCUT2D eigenvalue weighted by Crippen LogP contribution is 2.21. The molecule has 0 spiro atoms. The van der Waals surface area contributed by atoms with Crippen molar-refractivity contribution in [2.75, 3.05) is 6.61 Å². The molecule has 1 unspecified atom stereocenters. The quantitative estimate of drug-likeness (QED) is 0.322. The van der Waals surface area contributed by atoms with Crippen LogP contribution >= 0.6 is 11.3 Å². The van der Waals surface area contributed by atoms with E-state index in [1.54, 1.807) is 24.3 Å². The molecule has 176 valence electrons. The van der Waals surface area contributed by atoms with E-state index in [4.69, 9.17) is 4.74 Å². The van der Waals surface area contributed by atoms with Crippen molar-refractivity contribution in [2.45, 2.75) is 38.8 Å². The second-order valence-electron chi connectivity index (χ2n) is 8.00. The summed E-state index contributed by atoms with van der Waals surface area (Å²) in [6.45, 7) is 2.39. The molecule has 0 saturated carbocycles. The Morgan fingerprint density at radius 2 is 2.00 bits per heavy atom. The molecule has 2 aromatic carbocycles. The van der Waals surface area contributed by atoms with Gasteiger partial charge in [0.25, 0.3) is 5.91 Å². The number of para-hydroxylation sites is 1. The lowest BCUT2D eigenvalue weighted by molar-refractivity contribution is 0.0932. The number of hydrogen-bond acceptors (Lipinski definition) is 7. The number of carbonyl (C=O) groups is 1. The standard InChI is InChI=1S/C25H26N4O4S/c1-16-13-18(21-6-2-3-7-22(21)26-16)15-33-20-10-8-17(9-11-20)24(31)27-19(5-4-12-30)14-23-28-29-25(32)34-23/h2-3,6-11,13,19,30H,4-5,12,14-15H2,1H3,(H,27,31)(H,29,32). The smallest absolute Gasteiger partial charge is 0.322 e. The van der Waals surface area contributed by atoms with Crippen LogP contribution in [0.5, 0.6) is 5.75 Å². The van der Waals surface area contributed by atoms with E-state index in [0.29, 0.717) is 42.2 Å². The molecule has 0 saturated heterocycles. The number of aliphatic hydroxyl groups is 1. The van der Waals surface area contributed by atoms with Gasteiger partial charge < -0.3 is 15.2 Å². The molecule has 0 aliphatic carbocycles. The first-order valence-electron chi connectivity index (χ1n) is 11.1. The van der Waals surface area contributed by atoms with E-state index < -0.39 is 0 Å². The topological polar surface area (TPSA) is 117 Å². The number of carbonyl (C=O) groups excluding carboxylic acids is 1. The number of aryl methyl sites for hydroxylation is 1. The molecule has 0 aliphatic rings. The Labute approximate surface area is 200 Å². The zero-order valence-electron chi connectivity index (χ0n) is 18.8. The number of nitrogens with zero attached hydrogens (tertiary/aromatic N) is 2. The third-order valence-electron chi connectivity index (χ3n) is 5.39. The molecular weight excluding hydrogens is 452 g/mol. The molecule has 4 rings (SSSR count). The van der Waals surface area contributed by atoms with E-state index in [0.717, 1.165) is 33.5 Å². The molecule has 1 amide bonds. The van der Waals surface area contributed by atoms with Crippen molar-refractivity contribution in [3.63, 3.8) is 0 Å². The average molecular weight is 479 g/mol. The number of amides is 1. The van der Waals surface area contributed by atoms with Crippen LogP contribution in [-0.4, -0.2) is 38.8 Å². The number of pyridine rings is 1. The van der Waals surface area contributed by atoms with Crippen molar-refractivity contribution in [2.24, 2.45) is 0 Å². The Morgan fingerprint density at radius 3 is 2.74 bits per heavy atom. The van der Waals surface area contributed by atoms with Gasteiger partial charge in [-0.3, -0.25) is 14.6 Å². The van der Waals surface area contributed by atoms with Gasteiger partial charge in [0.05, 0.1) is 5.52 Å². The third-order valence-corrected chi connectivity index (χ3v) is 6.16. The van der Waals surface area contributed by atoms with Crippen LogP contribution in [0.3, 0.4) is 0 Å². The number of rotatable bonds is 10. The molecule has 9 heteroatoms. The van der Waals surface area contributed by atoms with Crippen LogP contribution in [0.15, 0.2) is 59.4 Å². The largest absolute Gasteiger partial charge is 0.489 e. The summed E-state index contributed by atoms with van der Waals surface area (Å²) >= 11 is 1.02. The van der Waals surface area contributed by atoms with Crippen molar-refractivity contribution >= 4 is 28.1 Å². The Hall–Kier alpha value is -3.56. The van der Waals surface area contributed by atoms with Crippen molar-refractivity contribution < 1.29 is 14.6 Å². The van der Waals surface area contributed by atoms with Crippen LogP contribution in [0.1, 0.15) is 39.5 Å². The molecule has 8 nitrogen and oxygen atoms in total. The maximum absolute atomic E-state index is 12.8. The molecule has 4 aromatic rings. The maximum atomic E-state index is 12.8. The van der Waals surface area contributed by atoms with E-state index in [9.17, 15) is 14.7 Å². The fourth-order valence-corrected chi connectivity index (χ4v) is 4.45. The van der Waals surface area contributed by atoms with Gasteiger partial charge in [0.15, 0.2) is 0 Å². The van der Waals surface area contributed by atoms with E-state index in [1.807, 2.05) is 37.3 Å². The summed E-state index contributed by atoms with van der Waals surface area (Å²) in [5.41, 5.74) is 3.42. The molecule has 34 heavy (non-hydrogen) atoms. The first-order valence-corrected chi connectivity index (χ1v) is 11.9. The molecule has 0 fully saturated rings. The maximum Gasteiger partial charge on any atom is 0.322 e. The third kappa shape index (κ3) is 6.06. The van der Waals surface area contributed by atoms with Gasteiger partial charge in [-0.25, -0.2) is 5.10 Å². The highest BCUT2D eigenvalue weighted by molar-refractivity contribution is 7.08. The number of aromatic nitrogens is 3. The lowest BCUT2D eigenvalue weighted by Crippen LogP contribution is -2.36. The number of H-pyrrole nitrogens is 1. The summed E-state index contributed by atoms with van der Waals surface area (Å²) in [6, 6.07) is 16.7. The fraction of sp³-hybridized carbons (Fsp3) is 0.280. The van der Waals surface area contributed by atoms with Gasteiger partial charge in [-0.15, -0.1) is 0 Å². The van der Waals surface area contributed by atoms with Gasteiger partial charge in [0.1, 0.15) is 17.4 Å². The minimum absolute atomic E-state index is 0.0293. The van der Waals surface area contributed by atoms with Gasteiger partial charge >= 0.3 is 4.87 Å². The van der Waals surface area contributed by atoms with Crippen LogP contribution in [0.25, 0.3) is 10.9 Å². The normalized spacial score (nSPS) is 11.9. The van der Waals surface area contributed by atoms with Crippen LogP contribution in [0.4, 0.5) is 0 Å². The first-order chi connectivity index (χ1) is 16.5. The van der Waals surface area contributed by atoms with E-state index >= 15 is 0 Å². The van der Waals surface area contributed by atoms with Gasteiger partial charge in [-0.2, -0.15) is 5.10 Å².